The average Bonchev–Trinajstić information content (AvgIpc) is 2.87. The van der Waals surface area contributed by atoms with Crippen molar-refractivity contribution in [2.75, 3.05) is 7.11 Å². The van der Waals surface area contributed by atoms with E-state index in [0.717, 1.165) is 0 Å². The lowest BCUT2D eigenvalue weighted by molar-refractivity contribution is -0.135. The van der Waals surface area contributed by atoms with E-state index in [1.807, 2.05) is 26.0 Å². The SMILES string of the molecule is COc1cc([C@H]2CC(=O)Oc3cc4c(c(O)c32)C(=O)O[C@@H](C)CCCC(=O)CCCC=C4)ccc1OC(C)C. The molecule has 0 radical (unpaired) electrons. The maximum absolute atomic E-state index is 13.4. The molecular formula is C31H36O8. The van der Waals surface area contributed by atoms with Gasteiger partial charge in [0.1, 0.15) is 22.8 Å². The van der Waals surface area contributed by atoms with Crippen molar-refractivity contribution in [3.8, 4) is 23.0 Å². The highest BCUT2D eigenvalue weighted by molar-refractivity contribution is 5.98. The van der Waals surface area contributed by atoms with E-state index in [0.29, 0.717) is 66.7 Å². The number of fused-ring (bicyclic) bond motifs is 2. The molecular weight excluding hydrogens is 500 g/mol. The molecule has 2 aromatic carbocycles. The van der Waals surface area contributed by atoms with Gasteiger partial charge in [0.2, 0.25) is 0 Å². The Labute approximate surface area is 228 Å². The Morgan fingerprint density at radius 3 is 2.56 bits per heavy atom. The van der Waals surface area contributed by atoms with Crippen LogP contribution in [0.2, 0.25) is 0 Å². The van der Waals surface area contributed by atoms with Crippen LogP contribution in [0.1, 0.15) is 98.7 Å². The number of esters is 2. The molecule has 0 saturated carbocycles. The van der Waals surface area contributed by atoms with Crippen molar-refractivity contribution in [3.05, 3.63) is 52.6 Å². The third kappa shape index (κ3) is 6.61. The molecule has 39 heavy (non-hydrogen) atoms. The molecule has 1 N–H and O–H groups in total. The molecule has 0 unspecified atom stereocenters. The van der Waals surface area contributed by atoms with Gasteiger partial charge in [-0.1, -0.05) is 18.2 Å². The number of cyclic esters (lactones) is 1. The lowest BCUT2D eigenvalue weighted by Gasteiger charge is -2.28. The van der Waals surface area contributed by atoms with Gasteiger partial charge in [-0.05, 0) is 75.8 Å². The van der Waals surface area contributed by atoms with Gasteiger partial charge >= 0.3 is 11.9 Å². The van der Waals surface area contributed by atoms with Crippen LogP contribution < -0.4 is 14.2 Å². The highest BCUT2D eigenvalue weighted by atomic mass is 16.5. The minimum Gasteiger partial charge on any atom is -0.507 e. The van der Waals surface area contributed by atoms with Crippen LogP contribution in [0.15, 0.2) is 30.3 Å². The highest BCUT2D eigenvalue weighted by Crippen LogP contribution is 2.48. The van der Waals surface area contributed by atoms with E-state index in [1.54, 1.807) is 31.2 Å². The van der Waals surface area contributed by atoms with Crippen molar-refractivity contribution >= 4 is 23.8 Å². The summed E-state index contributed by atoms with van der Waals surface area (Å²) in [6, 6.07) is 6.97. The maximum Gasteiger partial charge on any atom is 0.342 e. The molecule has 208 valence electrons. The van der Waals surface area contributed by atoms with Gasteiger partial charge in [-0.25, -0.2) is 4.79 Å². The molecule has 2 atom stereocenters. The first-order valence-electron chi connectivity index (χ1n) is 13.5. The Kier molecular flexibility index (Phi) is 8.94. The Bertz CT molecular complexity index is 1280. The molecule has 2 aromatic rings. The standard InChI is InChI=1S/C31H36O8/c1-18(2)37-24-14-13-20(15-25(24)36-4)23-17-27(33)39-26-16-21-10-6-5-7-11-22(32)12-8-9-19(3)38-31(35)28(21)30(34)29(23)26/h6,10,13-16,18-19,23,34H,5,7-9,11-12,17H2,1-4H3/t19-,23+/m0/s1. The first kappa shape index (κ1) is 28.2. The number of Topliss-reactive ketones (excluding diaryl/α,β-unsaturated/α-hetero) is 1. The van der Waals surface area contributed by atoms with Gasteiger partial charge in [0.25, 0.3) is 0 Å². The summed E-state index contributed by atoms with van der Waals surface area (Å²) in [5, 5.41) is 11.6. The molecule has 0 saturated heterocycles. The summed E-state index contributed by atoms with van der Waals surface area (Å²) in [5.74, 6) is -0.526. The first-order valence-corrected chi connectivity index (χ1v) is 13.5. The van der Waals surface area contributed by atoms with Crippen LogP contribution in [0.25, 0.3) is 6.08 Å². The summed E-state index contributed by atoms with van der Waals surface area (Å²) in [5.41, 5.74) is 1.47. The molecule has 0 fully saturated rings. The molecule has 0 aromatic heterocycles. The largest absolute Gasteiger partial charge is 0.507 e. The van der Waals surface area contributed by atoms with Gasteiger partial charge in [0, 0.05) is 24.3 Å². The summed E-state index contributed by atoms with van der Waals surface area (Å²) in [4.78, 5) is 38.1. The third-order valence-electron chi connectivity index (χ3n) is 6.93. The van der Waals surface area contributed by atoms with E-state index in [1.165, 1.54) is 7.11 Å². The lowest BCUT2D eigenvalue weighted by atomic mass is 9.83. The van der Waals surface area contributed by atoms with Gasteiger partial charge in [-0.3, -0.25) is 9.59 Å². The van der Waals surface area contributed by atoms with Crippen LogP contribution in [0.5, 0.6) is 23.0 Å². The molecule has 2 aliphatic heterocycles. The molecule has 2 aliphatic rings. The van der Waals surface area contributed by atoms with Crippen LogP contribution in [-0.4, -0.2) is 42.1 Å². The Balaban J connectivity index is 1.80. The molecule has 8 nitrogen and oxygen atoms in total. The first-order chi connectivity index (χ1) is 18.7. The highest BCUT2D eigenvalue weighted by Gasteiger charge is 2.36. The summed E-state index contributed by atoms with van der Waals surface area (Å²) in [7, 11) is 1.54. The quantitative estimate of drug-likeness (QED) is 0.368. The van der Waals surface area contributed by atoms with E-state index in [-0.39, 0.29) is 35.4 Å². The van der Waals surface area contributed by atoms with E-state index in [4.69, 9.17) is 18.9 Å². The predicted octanol–water partition coefficient (Wildman–Crippen LogP) is 6.11. The van der Waals surface area contributed by atoms with Crippen LogP contribution in [0.3, 0.4) is 0 Å². The average molecular weight is 537 g/mol. The number of phenols is 1. The number of phenolic OH excluding ortho intramolecular Hbond substituents is 1. The normalized spacial score (nSPS) is 20.4. The molecule has 0 amide bonds. The Hall–Kier alpha value is -3.81. The van der Waals surface area contributed by atoms with Crippen molar-refractivity contribution in [3.63, 3.8) is 0 Å². The van der Waals surface area contributed by atoms with Gasteiger partial charge in [-0.15, -0.1) is 0 Å². The lowest BCUT2D eigenvalue weighted by Crippen LogP contribution is -2.23. The number of aromatic hydroxyl groups is 1. The fraction of sp³-hybridized carbons (Fsp3) is 0.452. The maximum atomic E-state index is 13.4. The molecule has 0 aliphatic carbocycles. The second-order valence-electron chi connectivity index (χ2n) is 10.4. The number of carbonyl (C=O) groups is 3. The summed E-state index contributed by atoms with van der Waals surface area (Å²) >= 11 is 0. The smallest absolute Gasteiger partial charge is 0.342 e. The second kappa shape index (κ2) is 12.4. The summed E-state index contributed by atoms with van der Waals surface area (Å²) in [6.45, 7) is 5.60. The van der Waals surface area contributed by atoms with Gasteiger partial charge in [0.15, 0.2) is 11.5 Å². The molecule has 4 rings (SSSR count). The fourth-order valence-electron chi connectivity index (χ4n) is 5.06. The zero-order valence-electron chi connectivity index (χ0n) is 23.0. The summed E-state index contributed by atoms with van der Waals surface area (Å²) < 4.78 is 22.6. The minimum absolute atomic E-state index is 0.0256. The van der Waals surface area contributed by atoms with Crippen molar-refractivity contribution < 1.29 is 38.4 Å². The van der Waals surface area contributed by atoms with E-state index in [2.05, 4.69) is 0 Å². The van der Waals surface area contributed by atoms with Crippen LogP contribution in [0, 0.1) is 0 Å². The molecule has 0 bridgehead atoms. The number of ketones is 1. The van der Waals surface area contributed by atoms with E-state index in [9.17, 15) is 19.5 Å². The van der Waals surface area contributed by atoms with Gasteiger partial charge in [-0.2, -0.15) is 0 Å². The van der Waals surface area contributed by atoms with E-state index >= 15 is 0 Å². The third-order valence-corrected chi connectivity index (χ3v) is 6.93. The number of allylic oxidation sites excluding steroid dienone is 1. The van der Waals surface area contributed by atoms with Crippen molar-refractivity contribution in [1.29, 1.82) is 0 Å². The minimum atomic E-state index is -0.667. The topological polar surface area (TPSA) is 108 Å². The predicted molar refractivity (Wildman–Crippen MR) is 146 cm³/mol. The number of hydrogen-bond donors (Lipinski definition) is 1. The Morgan fingerprint density at radius 1 is 1.05 bits per heavy atom. The molecule has 8 heteroatoms. The van der Waals surface area contributed by atoms with Crippen molar-refractivity contribution in [2.24, 2.45) is 0 Å². The zero-order valence-corrected chi connectivity index (χ0v) is 23.0. The van der Waals surface area contributed by atoms with Gasteiger partial charge < -0.3 is 24.1 Å². The Morgan fingerprint density at radius 2 is 1.82 bits per heavy atom. The number of ether oxygens (including phenoxy) is 4. The van der Waals surface area contributed by atoms with Gasteiger partial charge in [0.05, 0.1) is 25.7 Å². The second-order valence-corrected chi connectivity index (χ2v) is 10.4. The van der Waals surface area contributed by atoms with Crippen molar-refractivity contribution in [2.45, 2.75) is 83.8 Å². The molecule has 0 spiro atoms. The monoisotopic (exact) mass is 536 g/mol. The zero-order chi connectivity index (χ0) is 28.1. The number of rotatable bonds is 4. The number of methoxy groups -OCH3 is 1. The fourth-order valence-corrected chi connectivity index (χ4v) is 5.06. The van der Waals surface area contributed by atoms with Crippen molar-refractivity contribution in [1.82, 2.24) is 0 Å². The molecule has 2 heterocycles. The van der Waals surface area contributed by atoms with E-state index < -0.39 is 24.0 Å². The van der Waals surface area contributed by atoms with Crippen LogP contribution in [-0.2, 0) is 14.3 Å². The number of hydrogen-bond acceptors (Lipinski definition) is 8. The summed E-state index contributed by atoms with van der Waals surface area (Å²) in [6.07, 6.45) is 6.46. The van der Waals surface area contributed by atoms with Crippen LogP contribution in [0.4, 0.5) is 0 Å². The number of carbonyl (C=O) groups excluding carboxylic acids is 3. The van der Waals surface area contributed by atoms with Crippen LogP contribution >= 0.6 is 0 Å². The number of benzene rings is 2.